The maximum Gasteiger partial charge on any atom is 0.200 e. The van der Waals surface area contributed by atoms with E-state index >= 15 is 0 Å². The molecule has 0 saturated carbocycles. The summed E-state index contributed by atoms with van der Waals surface area (Å²) in [5, 5.41) is 3.51. The molecule has 1 aliphatic rings. The number of benzene rings is 3. The van der Waals surface area contributed by atoms with E-state index in [-0.39, 0.29) is 31.7 Å². The average Bonchev–Trinajstić information content (AvgIpc) is 3.09. The Balaban J connectivity index is 1.80. The number of nitrogens with two attached hydrogens (primary N) is 1. The third-order valence-corrected chi connectivity index (χ3v) is 6.43. The maximum atomic E-state index is 6.28. The monoisotopic (exact) mass is 437 g/mol. The van der Waals surface area contributed by atoms with E-state index in [9.17, 15) is 0 Å². The molecule has 0 spiro atoms. The first-order chi connectivity index (χ1) is 12.9. The van der Waals surface area contributed by atoms with E-state index < -0.39 is 0 Å². The van der Waals surface area contributed by atoms with Gasteiger partial charge in [-0.05, 0) is 46.9 Å². The van der Waals surface area contributed by atoms with Crippen molar-refractivity contribution in [2.45, 2.75) is 12.8 Å². The summed E-state index contributed by atoms with van der Waals surface area (Å²) < 4.78 is 0. The van der Waals surface area contributed by atoms with Gasteiger partial charge in [-0.15, -0.1) is 0 Å². The number of aliphatic imine (C=N–C) groups is 1. The highest BCUT2D eigenvalue weighted by Crippen LogP contribution is 2.43. The van der Waals surface area contributed by atoms with Crippen LogP contribution in [0.4, 0.5) is 11.4 Å². The number of hydrogen-bond donors (Lipinski definition) is 1. The molecule has 3 aromatic carbocycles. The fourth-order valence-electron chi connectivity index (χ4n) is 3.53. The van der Waals surface area contributed by atoms with Crippen molar-refractivity contribution in [1.29, 1.82) is 0 Å². The molecule has 1 aliphatic carbocycles. The zero-order valence-electron chi connectivity index (χ0n) is 14.4. The number of guanidine groups is 1. The van der Waals surface area contributed by atoms with Gasteiger partial charge >= 0.3 is 0 Å². The Labute approximate surface area is 177 Å². The fraction of sp³-hybridized carbons (Fsp3) is 0.150. The lowest BCUT2D eigenvalue weighted by Crippen LogP contribution is -2.34. The number of halogens is 4. The van der Waals surface area contributed by atoms with Gasteiger partial charge in [-0.3, -0.25) is 0 Å². The molecule has 3 aromatic rings. The Morgan fingerprint density at radius 1 is 1.00 bits per heavy atom. The van der Waals surface area contributed by atoms with Crippen LogP contribution in [0.1, 0.15) is 11.1 Å². The molecular formula is C20H15Cl4N3. The van der Waals surface area contributed by atoms with Gasteiger partial charge in [-0.2, -0.15) is 0 Å². The second-order valence-electron chi connectivity index (χ2n) is 6.42. The lowest BCUT2D eigenvalue weighted by atomic mass is 10.0. The summed E-state index contributed by atoms with van der Waals surface area (Å²) >= 11 is 24.7. The van der Waals surface area contributed by atoms with Crippen LogP contribution in [0.2, 0.25) is 20.1 Å². The van der Waals surface area contributed by atoms with Crippen molar-refractivity contribution < 1.29 is 0 Å². The van der Waals surface area contributed by atoms with Gasteiger partial charge in [-0.25, -0.2) is 4.99 Å². The lowest BCUT2D eigenvalue weighted by molar-refractivity contribution is 1.02. The average molecular weight is 439 g/mol. The lowest BCUT2D eigenvalue weighted by Gasteiger charge is -2.22. The highest BCUT2D eigenvalue weighted by atomic mass is 35.5. The van der Waals surface area contributed by atoms with Gasteiger partial charge in [0, 0.05) is 12.7 Å². The van der Waals surface area contributed by atoms with Crippen molar-refractivity contribution in [2.75, 3.05) is 11.9 Å². The number of aryl methyl sites for hydroxylation is 2. The van der Waals surface area contributed by atoms with Crippen molar-refractivity contribution in [1.82, 2.24) is 0 Å². The minimum absolute atomic E-state index is 0.216. The summed E-state index contributed by atoms with van der Waals surface area (Å²) in [5.74, 6) is 0.247. The van der Waals surface area contributed by atoms with Crippen LogP contribution in [-0.2, 0) is 12.8 Å². The van der Waals surface area contributed by atoms with E-state index in [0.29, 0.717) is 0 Å². The SMILES string of the molecule is CN(C(N)=Nc1c(Cl)c(Cl)cc(Cl)c1Cl)c1ccc2cccc3c2c1CC3. The Kier molecular flexibility index (Phi) is 4.89. The minimum Gasteiger partial charge on any atom is -0.369 e. The van der Waals surface area contributed by atoms with Crippen molar-refractivity contribution in [3.8, 4) is 0 Å². The molecule has 0 amide bonds. The molecule has 2 N–H and O–H groups in total. The smallest absolute Gasteiger partial charge is 0.200 e. The quantitative estimate of drug-likeness (QED) is 0.277. The van der Waals surface area contributed by atoms with Crippen molar-refractivity contribution in [2.24, 2.45) is 10.7 Å². The molecule has 0 heterocycles. The first-order valence-corrected chi connectivity index (χ1v) is 9.84. The largest absolute Gasteiger partial charge is 0.369 e. The normalized spacial score (nSPS) is 13.4. The van der Waals surface area contributed by atoms with Gasteiger partial charge in [-0.1, -0.05) is 70.7 Å². The Morgan fingerprint density at radius 3 is 2.41 bits per heavy atom. The van der Waals surface area contributed by atoms with Crippen LogP contribution in [0.25, 0.3) is 10.8 Å². The third kappa shape index (κ3) is 3.13. The van der Waals surface area contributed by atoms with Gasteiger partial charge in [0.2, 0.25) is 5.96 Å². The Morgan fingerprint density at radius 2 is 1.70 bits per heavy atom. The molecule has 0 saturated heterocycles. The van der Waals surface area contributed by atoms with Gasteiger partial charge in [0.15, 0.2) is 0 Å². The summed E-state index contributed by atoms with van der Waals surface area (Å²) in [4.78, 5) is 6.25. The summed E-state index contributed by atoms with van der Waals surface area (Å²) in [6, 6.07) is 12.0. The number of nitrogens with zero attached hydrogens (tertiary/aromatic N) is 2. The van der Waals surface area contributed by atoms with Crippen LogP contribution in [0.15, 0.2) is 41.4 Å². The van der Waals surface area contributed by atoms with Crippen molar-refractivity contribution >= 4 is 74.5 Å². The van der Waals surface area contributed by atoms with Crippen LogP contribution in [-0.4, -0.2) is 13.0 Å². The van der Waals surface area contributed by atoms with Gasteiger partial charge in [0.25, 0.3) is 0 Å². The molecule has 0 bridgehead atoms. The number of anilines is 1. The van der Waals surface area contributed by atoms with Crippen molar-refractivity contribution in [3.63, 3.8) is 0 Å². The van der Waals surface area contributed by atoms with Gasteiger partial charge < -0.3 is 10.6 Å². The van der Waals surface area contributed by atoms with E-state index in [0.717, 1.165) is 18.5 Å². The van der Waals surface area contributed by atoms with Crippen molar-refractivity contribution in [3.05, 3.63) is 67.6 Å². The van der Waals surface area contributed by atoms with E-state index in [1.54, 1.807) is 0 Å². The molecule has 0 fully saturated rings. The first kappa shape index (κ1) is 18.7. The number of rotatable bonds is 2. The molecule has 0 unspecified atom stereocenters. The molecule has 7 heteroatoms. The zero-order chi connectivity index (χ0) is 19.3. The van der Waals surface area contributed by atoms with Crippen LogP contribution < -0.4 is 10.6 Å². The molecule has 4 rings (SSSR count). The number of hydrogen-bond acceptors (Lipinski definition) is 1. The predicted octanol–water partition coefficient (Wildman–Crippen LogP) is 6.63. The second kappa shape index (κ2) is 7.06. The van der Waals surface area contributed by atoms with E-state index in [2.05, 4.69) is 35.3 Å². The van der Waals surface area contributed by atoms with Crippen LogP contribution >= 0.6 is 46.4 Å². The van der Waals surface area contributed by atoms with E-state index in [4.69, 9.17) is 52.1 Å². The molecule has 0 aliphatic heterocycles. The van der Waals surface area contributed by atoms with E-state index in [1.807, 2.05) is 11.9 Å². The zero-order valence-corrected chi connectivity index (χ0v) is 17.4. The van der Waals surface area contributed by atoms with Gasteiger partial charge in [0.05, 0.1) is 20.1 Å². The molecule has 0 atom stereocenters. The molecule has 0 aromatic heterocycles. The second-order valence-corrected chi connectivity index (χ2v) is 7.99. The standard InChI is InChI=1S/C20H15Cl4N3/c1-27(20(25)26-19-17(23)13(21)9-14(22)18(19)24)15-8-6-11-4-2-3-10-5-7-12(15)16(10)11/h2-4,6,8-9H,5,7H2,1H3,(H2,25,26). The Hall–Kier alpha value is -1.65. The maximum absolute atomic E-state index is 6.28. The molecule has 138 valence electrons. The summed E-state index contributed by atoms with van der Waals surface area (Å²) in [6.45, 7) is 0. The summed E-state index contributed by atoms with van der Waals surface area (Å²) in [6.07, 6.45) is 1.99. The van der Waals surface area contributed by atoms with Crippen LogP contribution in [0, 0.1) is 0 Å². The minimum atomic E-state index is 0.216. The molecular weight excluding hydrogens is 424 g/mol. The predicted molar refractivity (Wildman–Crippen MR) is 118 cm³/mol. The molecule has 3 nitrogen and oxygen atoms in total. The van der Waals surface area contributed by atoms with Crippen LogP contribution in [0.5, 0.6) is 0 Å². The molecule has 27 heavy (non-hydrogen) atoms. The van der Waals surface area contributed by atoms with Crippen LogP contribution in [0.3, 0.4) is 0 Å². The fourth-order valence-corrected chi connectivity index (χ4v) is 4.42. The Bertz CT molecular complexity index is 1080. The topological polar surface area (TPSA) is 41.6 Å². The first-order valence-electron chi connectivity index (χ1n) is 8.33. The molecule has 0 radical (unpaired) electrons. The summed E-state index contributed by atoms with van der Waals surface area (Å²) in [5.41, 5.74) is 10.2. The van der Waals surface area contributed by atoms with Gasteiger partial charge in [0.1, 0.15) is 5.69 Å². The highest BCUT2D eigenvalue weighted by molar-refractivity contribution is 6.50. The third-order valence-electron chi connectivity index (χ3n) is 4.88. The highest BCUT2D eigenvalue weighted by Gasteiger charge is 2.21. The summed E-state index contributed by atoms with van der Waals surface area (Å²) in [7, 11) is 1.87. The van der Waals surface area contributed by atoms with E-state index in [1.165, 1.54) is 28.0 Å².